The van der Waals surface area contributed by atoms with Crippen LogP contribution in [-0.4, -0.2) is 54.0 Å². The van der Waals surface area contributed by atoms with Gasteiger partial charge in [0.1, 0.15) is 11.6 Å². The van der Waals surface area contributed by atoms with Crippen LogP contribution in [-0.2, 0) is 0 Å². The first-order valence-corrected chi connectivity index (χ1v) is 9.17. The molecule has 1 fully saturated rings. The average Bonchev–Trinajstić information content (AvgIpc) is 2.70. The summed E-state index contributed by atoms with van der Waals surface area (Å²) in [4.78, 5) is 26.3. The molecule has 0 atom stereocenters. The molecule has 6 heteroatoms. The second-order valence-corrected chi connectivity index (χ2v) is 6.99. The Hall–Kier alpha value is -2.99. The zero-order valence-corrected chi connectivity index (χ0v) is 15.6. The summed E-state index contributed by atoms with van der Waals surface area (Å²) in [6.45, 7) is 5.97. The van der Waals surface area contributed by atoms with Gasteiger partial charge < -0.3 is 15.1 Å². The van der Waals surface area contributed by atoms with Crippen molar-refractivity contribution in [2.45, 2.75) is 6.92 Å². The molecule has 138 valence electrons. The maximum atomic E-state index is 12.7. The number of pyridine rings is 2. The molecule has 1 aromatic carbocycles. The molecule has 0 spiro atoms. The molecular weight excluding hydrogens is 338 g/mol. The first-order valence-electron chi connectivity index (χ1n) is 9.17. The molecule has 0 bridgehead atoms. The van der Waals surface area contributed by atoms with Crippen molar-refractivity contribution in [1.29, 1.82) is 0 Å². The zero-order chi connectivity index (χ0) is 18.8. The van der Waals surface area contributed by atoms with Gasteiger partial charge in [0.25, 0.3) is 5.91 Å². The summed E-state index contributed by atoms with van der Waals surface area (Å²) in [6, 6.07) is 13.3. The molecular formula is C21H23N5O. The van der Waals surface area contributed by atoms with Gasteiger partial charge in [0.05, 0.1) is 5.52 Å². The molecule has 27 heavy (non-hydrogen) atoms. The SMILES string of the molecule is Cc1ccc(NC(=O)c2ccc3cccnc3c2)nc1N1CCN(C)CC1. The van der Waals surface area contributed by atoms with E-state index < -0.39 is 0 Å². The minimum Gasteiger partial charge on any atom is -0.354 e. The number of nitrogens with one attached hydrogen (secondary N) is 1. The lowest BCUT2D eigenvalue weighted by molar-refractivity contribution is 0.102. The highest BCUT2D eigenvalue weighted by Crippen LogP contribution is 2.22. The second-order valence-electron chi connectivity index (χ2n) is 6.99. The van der Waals surface area contributed by atoms with Crippen LogP contribution in [0.25, 0.3) is 10.9 Å². The van der Waals surface area contributed by atoms with E-state index in [4.69, 9.17) is 4.98 Å². The highest BCUT2D eigenvalue weighted by atomic mass is 16.1. The molecule has 6 nitrogen and oxygen atoms in total. The van der Waals surface area contributed by atoms with Crippen LogP contribution in [0.4, 0.5) is 11.6 Å². The quantitative estimate of drug-likeness (QED) is 0.777. The predicted molar refractivity (Wildman–Crippen MR) is 108 cm³/mol. The van der Waals surface area contributed by atoms with Gasteiger partial charge in [-0.1, -0.05) is 18.2 Å². The summed E-state index contributed by atoms with van der Waals surface area (Å²) in [5, 5.41) is 3.94. The van der Waals surface area contributed by atoms with Gasteiger partial charge >= 0.3 is 0 Å². The largest absolute Gasteiger partial charge is 0.354 e. The maximum absolute atomic E-state index is 12.7. The van der Waals surface area contributed by atoms with Gasteiger partial charge in [-0.25, -0.2) is 4.98 Å². The molecule has 1 amide bonds. The number of piperazine rings is 1. The van der Waals surface area contributed by atoms with Crippen LogP contribution in [0, 0.1) is 6.92 Å². The van der Waals surface area contributed by atoms with Crippen LogP contribution in [0.1, 0.15) is 15.9 Å². The standard InChI is InChI=1S/C21H23N5O/c1-15-5-8-19(23-20(15)26-12-10-25(2)11-13-26)24-21(27)17-7-6-16-4-3-9-22-18(16)14-17/h3-9,14H,10-13H2,1-2H3,(H,23,24,27). The number of nitrogens with zero attached hydrogens (tertiary/aromatic N) is 4. The molecule has 1 aliphatic rings. The van der Waals surface area contributed by atoms with Crippen molar-refractivity contribution in [3.8, 4) is 0 Å². The van der Waals surface area contributed by atoms with E-state index in [9.17, 15) is 4.79 Å². The van der Waals surface area contributed by atoms with Crippen LogP contribution in [0.2, 0.25) is 0 Å². The molecule has 0 saturated carbocycles. The summed E-state index contributed by atoms with van der Waals surface area (Å²) < 4.78 is 0. The Balaban J connectivity index is 1.54. The lowest BCUT2D eigenvalue weighted by Gasteiger charge is -2.34. The van der Waals surface area contributed by atoms with Gasteiger partial charge in [-0.3, -0.25) is 9.78 Å². The number of fused-ring (bicyclic) bond motifs is 1. The van der Waals surface area contributed by atoms with Crippen LogP contribution in [0.3, 0.4) is 0 Å². The van der Waals surface area contributed by atoms with E-state index in [1.54, 1.807) is 12.3 Å². The van der Waals surface area contributed by atoms with E-state index in [0.717, 1.165) is 48.5 Å². The third-order valence-electron chi connectivity index (χ3n) is 4.98. The van der Waals surface area contributed by atoms with E-state index in [2.05, 4.69) is 34.1 Å². The van der Waals surface area contributed by atoms with E-state index in [-0.39, 0.29) is 5.91 Å². The molecule has 0 aliphatic carbocycles. The number of rotatable bonds is 3. The fraction of sp³-hybridized carbons (Fsp3) is 0.286. The smallest absolute Gasteiger partial charge is 0.256 e. The van der Waals surface area contributed by atoms with Crippen molar-refractivity contribution >= 4 is 28.4 Å². The highest BCUT2D eigenvalue weighted by Gasteiger charge is 2.18. The number of carbonyl (C=O) groups is 1. The number of aryl methyl sites for hydroxylation is 1. The summed E-state index contributed by atoms with van der Waals surface area (Å²) >= 11 is 0. The number of amides is 1. The molecule has 2 aromatic heterocycles. The number of likely N-dealkylation sites (N-methyl/N-ethyl adjacent to an activating group) is 1. The minimum atomic E-state index is -0.178. The van der Waals surface area contributed by atoms with Crippen molar-refractivity contribution in [3.63, 3.8) is 0 Å². The first kappa shape index (κ1) is 17.4. The molecule has 3 aromatic rings. The number of anilines is 2. The van der Waals surface area contributed by atoms with Crippen molar-refractivity contribution in [2.24, 2.45) is 0 Å². The lowest BCUT2D eigenvalue weighted by Crippen LogP contribution is -2.45. The Morgan fingerprint density at radius 2 is 1.89 bits per heavy atom. The van der Waals surface area contributed by atoms with E-state index in [1.165, 1.54) is 0 Å². The number of hydrogen-bond donors (Lipinski definition) is 1. The van der Waals surface area contributed by atoms with Crippen LogP contribution in [0.5, 0.6) is 0 Å². The minimum absolute atomic E-state index is 0.178. The topological polar surface area (TPSA) is 61.4 Å². The Kier molecular flexibility index (Phi) is 4.73. The van der Waals surface area contributed by atoms with Crippen LogP contribution in [0.15, 0.2) is 48.7 Å². The van der Waals surface area contributed by atoms with Gasteiger partial charge in [0.2, 0.25) is 0 Å². The van der Waals surface area contributed by atoms with Crippen LogP contribution < -0.4 is 10.2 Å². The number of hydrogen-bond acceptors (Lipinski definition) is 5. The molecule has 1 saturated heterocycles. The fourth-order valence-corrected chi connectivity index (χ4v) is 3.32. The number of benzene rings is 1. The molecule has 3 heterocycles. The van der Waals surface area contributed by atoms with Gasteiger partial charge in [-0.2, -0.15) is 0 Å². The number of carbonyl (C=O) groups excluding carboxylic acids is 1. The summed E-state index contributed by atoms with van der Waals surface area (Å²) in [7, 11) is 2.13. The van der Waals surface area contributed by atoms with E-state index >= 15 is 0 Å². The van der Waals surface area contributed by atoms with E-state index in [0.29, 0.717) is 11.4 Å². The van der Waals surface area contributed by atoms with Crippen molar-refractivity contribution in [1.82, 2.24) is 14.9 Å². The van der Waals surface area contributed by atoms with Gasteiger partial charge in [-0.05, 0) is 43.8 Å². The van der Waals surface area contributed by atoms with Gasteiger partial charge in [0.15, 0.2) is 0 Å². The third kappa shape index (κ3) is 3.75. The predicted octanol–water partition coefficient (Wildman–Crippen LogP) is 2.94. The maximum Gasteiger partial charge on any atom is 0.256 e. The van der Waals surface area contributed by atoms with Crippen molar-refractivity contribution in [2.75, 3.05) is 43.4 Å². The van der Waals surface area contributed by atoms with Crippen LogP contribution >= 0.6 is 0 Å². The summed E-state index contributed by atoms with van der Waals surface area (Å²) in [5.41, 5.74) is 2.50. The molecule has 0 unspecified atom stereocenters. The lowest BCUT2D eigenvalue weighted by atomic mass is 10.1. The number of aromatic nitrogens is 2. The Bertz CT molecular complexity index is 979. The highest BCUT2D eigenvalue weighted by molar-refractivity contribution is 6.05. The molecule has 1 aliphatic heterocycles. The van der Waals surface area contributed by atoms with E-state index in [1.807, 2.05) is 36.4 Å². The van der Waals surface area contributed by atoms with Gasteiger partial charge in [0, 0.05) is 43.3 Å². The zero-order valence-electron chi connectivity index (χ0n) is 15.6. The molecule has 1 N–H and O–H groups in total. The first-order chi connectivity index (χ1) is 13.1. The Morgan fingerprint density at radius 1 is 1.07 bits per heavy atom. The normalized spacial score (nSPS) is 15.1. The Morgan fingerprint density at radius 3 is 2.70 bits per heavy atom. The molecule has 0 radical (unpaired) electrons. The second kappa shape index (κ2) is 7.32. The summed E-state index contributed by atoms with van der Waals surface area (Å²) in [5.74, 6) is 1.34. The van der Waals surface area contributed by atoms with Gasteiger partial charge in [-0.15, -0.1) is 0 Å². The van der Waals surface area contributed by atoms with Crippen molar-refractivity contribution in [3.05, 3.63) is 59.8 Å². The monoisotopic (exact) mass is 361 g/mol. The molecule has 4 rings (SSSR count). The fourth-order valence-electron chi connectivity index (χ4n) is 3.32. The van der Waals surface area contributed by atoms with Crippen molar-refractivity contribution < 1.29 is 4.79 Å². The summed E-state index contributed by atoms with van der Waals surface area (Å²) in [6.07, 6.45) is 1.73. The third-order valence-corrected chi connectivity index (χ3v) is 4.98. The average molecular weight is 361 g/mol. The Labute approximate surface area is 158 Å².